The number of carbonyl (C=O) groups is 1. The molecule has 0 aliphatic carbocycles. The summed E-state index contributed by atoms with van der Waals surface area (Å²) in [4.78, 5) is 16.9. The fourth-order valence-electron chi connectivity index (χ4n) is 3.87. The van der Waals surface area contributed by atoms with Crippen molar-refractivity contribution in [3.05, 3.63) is 124 Å². The molecule has 37 heavy (non-hydrogen) atoms. The molecular weight excluding hydrogens is 529 g/mol. The molecule has 1 atom stereocenters. The smallest absolute Gasteiger partial charge is 0.243 e. The van der Waals surface area contributed by atoms with Crippen LogP contribution in [0.3, 0.4) is 0 Å². The van der Waals surface area contributed by atoms with Crippen LogP contribution in [0, 0.1) is 0 Å². The number of benzene rings is 3. The van der Waals surface area contributed by atoms with Crippen molar-refractivity contribution >= 4 is 44.8 Å². The average molecular weight is 554 g/mol. The van der Waals surface area contributed by atoms with Crippen LogP contribution in [0.2, 0.25) is 10.0 Å². The van der Waals surface area contributed by atoms with Crippen molar-refractivity contribution in [1.29, 1.82) is 0 Å². The molecule has 0 saturated heterocycles. The third-order valence-corrected chi connectivity index (χ3v) is 8.24. The third kappa shape index (κ3) is 6.96. The maximum Gasteiger partial charge on any atom is 0.243 e. The molecule has 0 spiro atoms. The Bertz CT molecular complexity index is 1460. The first-order chi connectivity index (χ1) is 17.7. The van der Waals surface area contributed by atoms with Crippen LogP contribution in [0.4, 0.5) is 5.69 Å². The van der Waals surface area contributed by atoms with Crippen LogP contribution in [-0.2, 0) is 27.8 Å². The van der Waals surface area contributed by atoms with Gasteiger partial charge in [0.15, 0.2) is 0 Å². The molecule has 3 aromatic carbocycles. The molecule has 0 unspecified atom stereocenters. The van der Waals surface area contributed by atoms with Crippen LogP contribution < -0.4 is 5.32 Å². The fourth-order valence-corrected chi connectivity index (χ4v) is 5.80. The molecule has 1 aromatic heterocycles. The monoisotopic (exact) mass is 553 g/mol. The van der Waals surface area contributed by atoms with Gasteiger partial charge in [0.25, 0.3) is 0 Å². The Kier molecular flexibility index (Phi) is 8.61. The Balaban J connectivity index is 1.55. The van der Waals surface area contributed by atoms with Crippen molar-refractivity contribution in [2.24, 2.45) is 0 Å². The van der Waals surface area contributed by atoms with Crippen LogP contribution >= 0.6 is 23.2 Å². The number of pyridine rings is 1. The summed E-state index contributed by atoms with van der Waals surface area (Å²) in [6, 6.07) is 25.3. The highest BCUT2D eigenvalue weighted by molar-refractivity contribution is 7.89. The summed E-state index contributed by atoms with van der Waals surface area (Å²) in [7, 11) is -3.88. The number of anilines is 1. The second-order valence-corrected chi connectivity index (χ2v) is 11.2. The molecule has 6 nitrogen and oxygen atoms in total. The highest BCUT2D eigenvalue weighted by atomic mass is 35.5. The zero-order chi connectivity index (χ0) is 26.4. The van der Waals surface area contributed by atoms with Crippen LogP contribution in [0.25, 0.3) is 0 Å². The lowest BCUT2D eigenvalue weighted by atomic mass is 10.1. The first-order valence-corrected chi connectivity index (χ1v) is 13.7. The molecule has 1 heterocycles. The Morgan fingerprint density at radius 1 is 0.919 bits per heavy atom. The van der Waals surface area contributed by atoms with Gasteiger partial charge in [-0.1, -0.05) is 53.5 Å². The van der Waals surface area contributed by atoms with Crippen LogP contribution in [0.5, 0.6) is 0 Å². The average Bonchev–Trinajstić information content (AvgIpc) is 2.88. The number of hydrogen-bond acceptors (Lipinski definition) is 4. The van der Waals surface area contributed by atoms with E-state index in [1.165, 1.54) is 16.4 Å². The Hall–Kier alpha value is -3.23. The highest BCUT2D eigenvalue weighted by Gasteiger charge is 2.30. The van der Waals surface area contributed by atoms with Crippen LogP contribution in [0.1, 0.15) is 29.8 Å². The molecular formula is C28H25Cl2N3O3S. The lowest BCUT2D eigenvalue weighted by Gasteiger charge is -2.28. The lowest BCUT2D eigenvalue weighted by Crippen LogP contribution is -2.33. The molecule has 4 aromatic rings. The van der Waals surface area contributed by atoms with E-state index in [2.05, 4.69) is 10.3 Å². The van der Waals surface area contributed by atoms with Crippen LogP contribution in [0.15, 0.2) is 102 Å². The Morgan fingerprint density at radius 3 is 2.30 bits per heavy atom. The van der Waals surface area contributed by atoms with E-state index in [4.69, 9.17) is 23.2 Å². The molecule has 0 fully saturated rings. The molecule has 4 rings (SSSR count). The highest BCUT2D eigenvalue weighted by Crippen LogP contribution is 2.30. The number of amides is 1. The molecule has 0 bridgehead atoms. The second-order valence-electron chi connectivity index (χ2n) is 8.48. The van der Waals surface area contributed by atoms with Gasteiger partial charge in [-0.25, -0.2) is 8.42 Å². The SMILES string of the molecule is C[C@H](c1ccc(NC(=O)Cc2cccc(Cl)c2)cc1)N(Cc1ccccn1)S(=O)(=O)c1ccc(Cl)cc1. The number of aromatic nitrogens is 1. The predicted octanol–water partition coefficient (Wildman–Crippen LogP) is 6.52. The van der Waals surface area contributed by atoms with Gasteiger partial charge >= 0.3 is 0 Å². The summed E-state index contributed by atoms with van der Waals surface area (Å²) in [5.74, 6) is -0.176. The quantitative estimate of drug-likeness (QED) is 0.256. The zero-order valence-electron chi connectivity index (χ0n) is 20.0. The topological polar surface area (TPSA) is 79.4 Å². The summed E-state index contributed by atoms with van der Waals surface area (Å²) in [5.41, 5.74) is 2.81. The van der Waals surface area contributed by atoms with Gasteiger partial charge in [0.05, 0.1) is 23.6 Å². The van der Waals surface area contributed by atoms with Gasteiger partial charge in [-0.05, 0) is 78.7 Å². The standard InChI is InChI=1S/C28H25Cl2N3O3S/c1-20(22-8-12-25(13-9-22)32-28(34)18-21-5-4-6-24(30)17-21)33(19-26-7-2-3-16-31-26)37(35,36)27-14-10-23(29)11-15-27/h2-17,20H,18-19H2,1H3,(H,32,34)/t20-/m1/s1. The minimum Gasteiger partial charge on any atom is -0.326 e. The molecule has 1 amide bonds. The van der Waals surface area contributed by atoms with Crippen molar-refractivity contribution in [1.82, 2.24) is 9.29 Å². The van der Waals surface area contributed by atoms with Gasteiger partial charge in [-0.3, -0.25) is 9.78 Å². The van der Waals surface area contributed by atoms with E-state index >= 15 is 0 Å². The molecule has 190 valence electrons. The molecule has 0 aliphatic heterocycles. The summed E-state index contributed by atoms with van der Waals surface area (Å²) in [5, 5.41) is 3.90. The predicted molar refractivity (Wildman–Crippen MR) is 147 cm³/mol. The lowest BCUT2D eigenvalue weighted by molar-refractivity contribution is -0.115. The van der Waals surface area contributed by atoms with E-state index in [9.17, 15) is 13.2 Å². The number of nitrogens with one attached hydrogen (secondary N) is 1. The minimum absolute atomic E-state index is 0.0884. The molecule has 0 saturated carbocycles. The fraction of sp³-hybridized carbons (Fsp3) is 0.143. The number of rotatable bonds is 9. The first-order valence-electron chi connectivity index (χ1n) is 11.5. The summed E-state index contributed by atoms with van der Waals surface area (Å²) in [6.07, 6.45) is 1.82. The van der Waals surface area contributed by atoms with Gasteiger partial charge in [0.1, 0.15) is 0 Å². The molecule has 9 heteroatoms. The van der Waals surface area contributed by atoms with Gasteiger partial charge < -0.3 is 5.32 Å². The van der Waals surface area contributed by atoms with Crippen molar-refractivity contribution < 1.29 is 13.2 Å². The first kappa shape index (κ1) is 26.8. The second kappa shape index (κ2) is 11.9. The molecule has 0 aliphatic rings. The zero-order valence-corrected chi connectivity index (χ0v) is 22.3. The van der Waals surface area contributed by atoms with Crippen molar-refractivity contribution in [3.63, 3.8) is 0 Å². The van der Waals surface area contributed by atoms with E-state index in [0.29, 0.717) is 21.4 Å². The van der Waals surface area contributed by atoms with Crippen molar-refractivity contribution in [2.75, 3.05) is 5.32 Å². The largest absolute Gasteiger partial charge is 0.326 e. The summed E-state index contributed by atoms with van der Waals surface area (Å²) >= 11 is 12.0. The number of halogens is 2. The maximum absolute atomic E-state index is 13.7. The molecule has 0 radical (unpaired) electrons. The Morgan fingerprint density at radius 2 is 1.65 bits per heavy atom. The summed E-state index contributed by atoms with van der Waals surface area (Å²) < 4.78 is 28.7. The van der Waals surface area contributed by atoms with Gasteiger partial charge in [0.2, 0.25) is 15.9 Å². The van der Waals surface area contributed by atoms with Gasteiger partial charge in [-0.2, -0.15) is 4.31 Å². The van der Waals surface area contributed by atoms with E-state index in [-0.39, 0.29) is 23.8 Å². The Labute approximate surface area is 226 Å². The van der Waals surface area contributed by atoms with Crippen molar-refractivity contribution in [3.8, 4) is 0 Å². The van der Waals surface area contributed by atoms with Crippen LogP contribution in [-0.4, -0.2) is 23.6 Å². The van der Waals surface area contributed by atoms with E-state index < -0.39 is 16.1 Å². The van der Waals surface area contributed by atoms with Crippen molar-refractivity contribution in [2.45, 2.75) is 30.8 Å². The number of nitrogens with zero attached hydrogens (tertiary/aromatic N) is 2. The number of hydrogen-bond donors (Lipinski definition) is 1. The normalized spacial score (nSPS) is 12.3. The third-order valence-electron chi connectivity index (χ3n) is 5.83. The minimum atomic E-state index is -3.88. The molecule has 1 N–H and O–H groups in total. The van der Waals surface area contributed by atoms with E-state index in [0.717, 1.165) is 11.1 Å². The van der Waals surface area contributed by atoms with E-state index in [1.54, 1.807) is 60.8 Å². The van der Waals surface area contributed by atoms with Gasteiger partial charge in [0, 0.05) is 28.0 Å². The van der Waals surface area contributed by atoms with E-state index in [1.807, 2.05) is 31.2 Å². The number of carbonyl (C=O) groups excluding carboxylic acids is 1. The van der Waals surface area contributed by atoms with Gasteiger partial charge in [-0.15, -0.1) is 0 Å². The summed E-state index contributed by atoms with van der Waals surface area (Å²) in [6.45, 7) is 1.91. The number of sulfonamides is 1. The maximum atomic E-state index is 13.7.